The average molecular weight is 226 g/mol. The minimum absolute atomic E-state index is 0. The summed E-state index contributed by atoms with van der Waals surface area (Å²) in [4.78, 5) is 11.3. The first-order chi connectivity index (χ1) is 5.58. The molecule has 0 unspecified atom stereocenters. The molecule has 0 aromatic heterocycles. The predicted octanol–water partition coefficient (Wildman–Crippen LogP) is 1.06. The van der Waals surface area contributed by atoms with Crippen LogP contribution in [-0.4, -0.2) is 36.2 Å². The molecule has 78 valence electrons. The van der Waals surface area contributed by atoms with Crippen LogP contribution in [-0.2, 0) is 9.53 Å². The zero-order chi connectivity index (χ0) is 9.19. The quantitative estimate of drug-likeness (QED) is 0.678. The van der Waals surface area contributed by atoms with E-state index in [-0.39, 0.29) is 29.2 Å². The first-order valence-electron chi connectivity index (χ1n) is 4.03. The number of thioether (sulfide) groups is 1. The lowest BCUT2D eigenvalue weighted by Crippen LogP contribution is -2.54. The maximum absolute atomic E-state index is 11.3. The summed E-state index contributed by atoms with van der Waals surface area (Å²) in [6, 6.07) is -0.166. The number of ether oxygens (including phenoxy) is 1. The van der Waals surface area contributed by atoms with Gasteiger partial charge < -0.3 is 10.1 Å². The molecule has 0 radical (unpaired) electrons. The van der Waals surface area contributed by atoms with Crippen molar-refractivity contribution in [3.05, 3.63) is 0 Å². The Balaban J connectivity index is 0.00000144. The molecule has 13 heavy (non-hydrogen) atoms. The van der Waals surface area contributed by atoms with Crippen LogP contribution >= 0.6 is 24.2 Å². The molecule has 0 saturated carbocycles. The van der Waals surface area contributed by atoms with Crippen LogP contribution in [0.2, 0.25) is 0 Å². The zero-order valence-corrected chi connectivity index (χ0v) is 9.76. The third-order valence-electron chi connectivity index (χ3n) is 2.06. The topological polar surface area (TPSA) is 38.3 Å². The van der Waals surface area contributed by atoms with E-state index in [9.17, 15) is 4.79 Å². The van der Waals surface area contributed by atoms with Gasteiger partial charge in [0.1, 0.15) is 6.04 Å². The van der Waals surface area contributed by atoms with Crippen LogP contribution in [0.4, 0.5) is 0 Å². The molecule has 1 aliphatic heterocycles. The minimum Gasteiger partial charge on any atom is -0.468 e. The molecule has 3 nitrogen and oxygen atoms in total. The van der Waals surface area contributed by atoms with Crippen LogP contribution in [0.3, 0.4) is 0 Å². The summed E-state index contributed by atoms with van der Waals surface area (Å²) in [5.41, 5.74) is 0. The summed E-state index contributed by atoms with van der Waals surface area (Å²) in [6.45, 7) is 5.00. The number of methoxy groups -OCH3 is 1. The molecule has 1 rings (SSSR count). The number of carbonyl (C=O) groups excluding carboxylic acids is 1. The lowest BCUT2D eigenvalue weighted by atomic mass is 10.0. The van der Waals surface area contributed by atoms with Gasteiger partial charge in [0.15, 0.2) is 0 Å². The molecule has 0 aliphatic carbocycles. The summed E-state index contributed by atoms with van der Waals surface area (Å²) in [7, 11) is 1.43. The lowest BCUT2D eigenvalue weighted by Gasteiger charge is -2.36. The fourth-order valence-corrected chi connectivity index (χ4v) is 2.42. The Kier molecular flexibility index (Phi) is 5.10. The highest BCUT2D eigenvalue weighted by Gasteiger charge is 2.38. The monoisotopic (exact) mass is 225 g/mol. The Morgan fingerprint density at radius 3 is 2.69 bits per heavy atom. The molecule has 0 aromatic rings. The molecule has 1 heterocycles. The number of hydrogen-bond donors (Lipinski definition) is 1. The molecule has 5 heteroatoms. The van der Waals surface area contributed by atoms with Crippen molar-refractivity contribution in [2.45, 2.75) is 24.6 Å². The van der Waals surface area contributed by atoms with Gasteiger partial charge in [-0.05, 0) is 13.8 Å². The van der Waals surface area contributed by atoms with Crippen molar-refractivity contribution in [1.29, 1.82) is 0 Å². The summed E-state index contributed by atoms with van der Waals surface area (Å²) < 4.78 is 4.66. The number of hydrogen-bond acceptors (Lipinski definition) is 4. The Morgan fingerprint density at radius 1 is 1.62 bits per heavy atom. The van der Waals surface area contributed by atoms with Crippen LogP contribution in [0, 0.1) is 0 Å². The minimum atomic E-state index is -0.166. The van der Waals surface area contributed by atoms with E-state index in [1.165, 1.54) is 7.11 Å². The molecule has 1 saturated heterocycles. The van der Waals surface area contributed by atoms with E-state index in [1.54, 1.807) is 0 Å². The molecule has 1 N–H and O–H groups in total. The van der Waals surface area contributed by atoms with Crippen molar-refractivity contribution in [3.63, 3.8) is 0 Å². The number of esters is 1. The predicted molar refractivity (Wildman–Crippen MR) is 57.6 cm³/mol. The number of carbonyl (C=O) groups is 1. The molecule has 1 fully saturated rings. The summed E-state index contributed by atoms with van der Waals surface area (Å²) in [5.74, 6) is 0.896. The van der Waals surface area contributed by atoms with Crippen LogP contribution in [0.5, 0.6) is 0 Å². The highest BCUT2D eigenvalue weighted by Crippen LogP contribution is 2.31. The maximum Gasteiger partial charge on any atom is 0.324 e. The average Bonchev–Trinajstić information content (AvgIpc) is 2.02. The van der Waals surface area contributed by atoms with Gasteiger partial charge in [-0.3, -0.25) is 4.79 Å². The van der Waals surface area contributed by atoms with Gasteiger partial charge in [-0.2, -0.15) is 11.8 Å². The SMILES string of the molecule is COC(=O)[C@H]1NCCSC1(C)C.Cl. The second kappa shape index (κ2) is 5.08. The van der Waals surface area contributed by atoms with Gasteiger partial charge in [0.25, 0.3) is 0 Å². The van der Waals surface area contributed by atoms with Gasteiger partial charge in [-0.25, -0.2) is 0 Å². The Labute approximate surface area is 89.4 Å². The van der Waals surface area contributed by atoms with Crippen LogP contribution < -0.4 is 5.32 Å². The van der Waals surface area contributed by atoms with E-state index in [0.717, 1.165) is 12.3 Å². The van der Waals surface area contributed by atoms with Gasteiger partial charge in [-0.15, -0.1) is 12.4 Å². The van der Waals surface area contributed by atoms with Crippen molar-refractivity contribution in [2.75, 3.05) is 19.4 Å². The van der Waals surface area contributed by atoms with E-state index >= 15 is 0 Å². The van der Waals surface area contributed by atoms with Crippen molar-refractivity contribution >= 4 is 30.1 Å². The number of nitrogens with one attached hydrogen (secondary N) is 1. The van der Waals surface area contributed by atoms with Gasteiger partial charge in [0.2, 0.25) is 0 Å². The molecule has 1 aliphatic rings. The fourth-order valence-electron chi connectivity index (χ4n) is 1.33. The second-order valence-corrected chi connectivity index (χ2v) is 5.11. The molecule has 0 spiro atoms. The van der Waals surface area contributed by atoms with Crippen molar-refractivity contribution < 1.29 is 9.53 Å². The van der Waals surface area contributed by atoms with Crippen molar-refractivity contribution in [2.24, 2.45) is 0 Å². The Bertz CT molecular complexity index is 187. The highest BCUT2D eigenvalue weighted by molar-refractivity contribution is 8.00. The molecule has 0 bridgehead atoms. The smallest absolute Gasteiger partial charge is 0.324 e. The standard InChI is InChI=1S/C8H15NO2S.ClH/c1-8(2)6(7(10)11-3)9-4-5-12-8;/h6,9H,4-5H2,1-3H3;1H/t6-;/m1./s1. The van der Waals surface area contributed by atoms with Gasteiger partial charge in [0, 0.05) is 17.0 Å². The van der Waals surface area contributed by atoms with Gasteiger partial charge in [0.05, 0.1) is 7.11 Å². The van der Waals surface area contributed by atoms with Crippen LogP contribution in [0.25, 0.3) is 0 Å². The van der Waals surface area contributed by atoms with E-state index in [4.69, 9.17) is 4.74 Å². The van der Waals surface area contributed by atoms with Gasteiger partial charge >= 0.3 is 5.97 Å². The van der Waals surface area contributed by atoms with E-state index in [2.05, 4.69) is 19.2 Å². The lowest BCUT2D eigenvalue weighted by molar-refractivity contribution is -0.143. The summed E-state index contributed by atoms with van der Waals surface area (Å²) >= 11 is 1.81. The molecule has 0 aromatic carbocycles. The Morgan fingerprint density at radius 2 is 2.23 bits per heavy atom. The van der Waals surface area contributed by atoms with Crippen LogP contribution in [0.15, 0.2) is 0 Å². The van der Waals surface area contributed by atoms with E-state index < -0.39 is 0 Å². The van der Waals surface area contributed by atoms with Crippen molar-refractivity contribution in [1.82, 2.24) is 5.32 Å². The molecule has 1 atom stereocenters. The fraction of sp³-hybridized carbons (Fsp3) is 0.875. The second-order valence-electron chi connectivity index (χ2n) is 3.36. The van der Waals surface area contributed by atoms with E-state index in [1.807, 2.05) is 11.8 Å². The Hall–Kier alpha value is 0.0700. The molecular weight excluding hydrogens is 210 g/mol. The van der Waals surface area contributed by atoms with Crippen LogP contribution in [0.1, 0.15) is 13.8 Å². The maximum atomic E-state index is 11.3. The third kappa shape index (κ3) is 3.04. The number of halogens is 1. The first kappa shape index (κ1) is 13.1. The normalized spacial score (nSPS) is 25.9. The largest absolute Gasteiger partial charge is 0.468 e. The summed E-state index contributed by atoms with van der Waals surface area (Å²) in [6.07, 6.45) is 0. The summed E-state index contributed by atoms with van der Waals surface area (Å²) in [5, 5.41) is 3.16. The molecular formula is C8H16ClNO2S. The van der Waals surface area contributed by atoms with E-state index in [0.29, 0.717) is 0 Å². The zero-order valence-electron chi connectivity index (χ0n) is 8.12. The van der Waals surface area contributed by atoms with Crippen molar-refractivity contribution in [3.8, 4) is 0 Å². The molecule has 0 amide bonds. The third-order valence-corrected chi connectivity index (χ3v) is 3.44. The highest BCUT2D eigenvalue weighted by atomic mass is 35.5. The first-order valence-corrected chi connectivity index (χ1v) is 5.01. The van der Waals surface area contributed by atoms with Gasteiger partial charge in [-0.1, -0.05) is 0 Å². The number of rotatable bonds is 1.